The standard InChI is InChI=1S/C16H15NO2S/c1-12-5-7-14(8-6-12)17-16(19)13-10-15(20-11-13)4-2-3-9-18/h5-8,10-11,18H,3,9H2,1H3,(H,17,19). The summed E-state index contributed by atoms with van der Waals surface area (Å²) >= 11 is 1.43. The van der Waals surface area contributed by atoms with Crippen LogP contribution in [0.25, 0.3) is 0 Å². The molecule has 3 nitrogen and oxygen atoms in total. The summed E-state index contributed by atoms with van der Waals surface area (Å²) in [5.41, 5.74) is 2.53. The third-order valence-corrected chi connectivity index (χ3v) is 3.47. The number of anilines is 1. The fourth-order valence-corrected chi connectivity index (χ4v) is 2.32. The highest BCUT2D eigenvalue weighted by molar-refractivity contribution is 7.10. The van der Waals surface area contributed by atoms with E-state index in [0.29, 0.717) is 12.0 Å². The molecular formula is C16H15NO2S. The van der Waals surface area contributed by atoms with Crippen molar-refractivity contribution in [2.45, 2.75) is 13.3 Å². The van der Waals surface area contributed by atoms with Crippen LogP contribution in [0.3, 0.4) is 0 Å². The van der Waals surface area contributed by atoms with Gasteiger partial charge in [-0.2, -0.15) is 0 Å². The highest BCUT2D eigenvalue weighted by Gasteiger charge is 2.08. The molecule has 0 unspecified atom stereocenters. The van der Waals surface area contributed by atoms with Crippen LogP contribution in [-0.2, 0) is 0 Å². The van der Waals surface area contributed by atoms with Gasteiger partial charge in [-0.15, -0.1) is 11.3 Å². The maximum absolute atomic E-state index is 12.0. The van der Waals surface area contributed by atoms with Crippen LogP contribution in [0.15, 0.2) is 35.7 Å². The first-order valence-electron chi connectivity index (χ1n) is 6.25. The van der Waals surface area contributed by atoms with Crippen LogP contribution < -0.4 is 5.32 Å². The van der Waals surface area contributed by atoms with E-state index in [2.05, 4.69) is 17.2 Å². The van der Waals surface area contributed by atoms with Gasteiger partial charge in [-0.25, -0.2) is 0 Å². The van der Waals surface area contributed by atoms with Crippen LogP contribution in [0.2, 0.25) is 0 Å². The second-order valence-corrected chi connectivity index (χ2v) is 5.21. The van der Waals surface area contributed by atoms with E-state index in [1.165, 1.54) is 11.3 Å². The van der Waals surface area contributed by atoms with Gasteiger partial charge in [0.15, 0.2) is 0 Å². The minimum atomic E-state index is -0.139. The quantitative estimate of drug-likeness (QED) is 0.852. The summed E-state index contributed by atoms with van der Waals surface area (Å²) in [6, 6.07) is 9.42. The maximum atomic E-state index is 12.0. The molecule has 2 aromatic rings. The molecule has 0 aliphatic heterocycles. The maximum Gasteiger partial charge on any atom is 0.256 e. The molecule has 1 aromatic carbocycles. The van der Waals surface area contributed by atoms with Crippen LogP contribution in [0.1, 0.15) is 27.2 Å². The van der Waals surface area contributed by atoms with Crippen molar-refractivity contribution in [1.29, 1.82) is 0 Å². The van der Waals surface area contributed by atoms with Gasteiger partial charge in [0.05, 0.1) is 17.0 Å². The average Bonchev–Trinajstić information content (AvgIpc) is 2.91. The third kappa shape index (κ3) is 3.95. The first-order chi connectivity index (χ1) is 9.69. The van der Waals surface area contributed by atoms with E-state index in [0.717, 1.165) is 16.1 Å². The van der Waals surface area contributed by atoms with Gasteiger partial charge in [0.25, 0.3) is 5.91 Å². The lowest BCUT2D eigenvalue weighted by atomic mass is 10.2. The zero-order valence-electron chi connectivity index (χ0n) is 11.1. The van der Waals surface area contributed by atoms with Crippen molar-refractivity contribution in [1.82, 2.24) is 0 Å². The largest absolute Gasteiger partial charge is 0.395 e. The van der Waals surface area contributed by atoms with Crippen molar-refractivity contribution in [2.24, 2.45) is 0 Å². The van der Waals surface area contributed by atoms with Crippen LogP contribution >= 0.6 is 11.3 Å². The molecule has 0 bridgehead atoms. The first-order valence-corrected chi connectivity index (χ1v) is 7.13. The van der Waals surface area contributed by atoms with E-state index >= 15 is 0 Å². The number of carbonyl (C=O) groups is 1. The topological polar surface area (TPSA) is 49.3 Å². The van der Waals surface area contributed by atoms with Crippen LogP contribution in [0.5, 0.6) is 0 Å². The molecule has 20 heavy (non-hydrogen) atoms. The molecule has 0 saturated heterocycles. The molecule has 0 spiro atoms. The Morgan fingerprint density at radius 1 is 1.35 bits per heavy atom. The number of aryl methyl sites for hydroxylation is 1. The number of amides is 1. The monoisotopic (exact) mass is 285 g/mol. The van der Waals surface area contributed by atoms with Crippen LogP contribution in [-0.4, -0.2) is 17.6 Å². The summed E-state index contributed by atoms with van der Waals surface area (Å²) < 4.78 is 0. The molecule has 4 heteroatoms. The minimum Gasteiger partial charge on any atom is -0.395 e. The molecular weight excluding hydrogens is 270 g/mol. The van der Waals surface area contributed by atoms with Crippen molar-refractivity contribution in [3.8, 4) is 11.8 Å². The number of hydrogen-bond acceptors (Lipinski definition) is 3. The van der Waals surface area contributed by atoms with E-state index in [1.807, 2.05) is 31.2 Å². The van der Waals surface area contributed by atoms with Gasteiger partial charge in [-0.1, -0.05) is 29.5 Å². The highest BCUT2D eigenvalue weighted by atomic mass is 32.1. The van der Waals surface area contributed by atoms with Crippen molar-refractivity contribution in [3.05, 3.63) is 51.7 Å². The Hall–Kier alpha value is -2.09. The second kappa shape index (κ2) is 6.90. The number of aliphatic hydroxyl groups excluding tert-OH is 1. The molecule has 2 N–H and O–H groups in total. The molecule has 1 heterocycles. The van der Waals surface area contributed by atoms with E-state index in [9.17, 15) is 4.79 Å². The fraction of sp³-hybridized carbons (Fsp3) is 0.188. The Balaban J connectivity index is 2.03. The molecule has 1 amide bonds. The third-order valence-electron chi connectivity index (χ3n) is 2.62. The smallest absolute Gasteiger partial charge is 0.256 e. The first kappa shape index (κ1) is 14.3. The Morgan fingerprint density at radius 2 is 2.10 bits per heavy atom. The van der Waals surface area contributed by atoms with Gasteiger partial charge in [0, 0.05) is 17.5 Å². The summed E-state index contributed by atoms with van der Waals surface area (Å²) in [6.07, 6.45) is 0.447. The molecule has 0 aliphatic rings. The summed E-state index contributed by atoms with van der Waals surface area (Å²) in [6.45, 7) is 2.06. The molecule has 0 fully saturated rings. The van der Waals surface area contributed by atoms with Crippen molar-refractivity contribution >= 4 is 22.9 Å². The lowest BCUT2D eigenvalue weighted by molar-refractivity contribution is 0.102. The van der Waals surface area contributed by atoms with Crippen LogP contribution in [0.4, 0.5) is 5.69 Å². The van der Waals surface area contributed by atoms with Gasteiger partial charge in [0.1, 0.15) is 0 Å². The predicted molar refractivity (Wildman–Crippen MR) is 82.0 cm³/mol. The fourth-order valence-electron chi connectivity index (χ4n) is 1.57. The average molecular weight is 285 g/mol. The number of carbonyl (C=O) groups excluding carboxylic acids is 1. The van der Waals surface area contributed by atoms with Gasteiger partial charge in [-0.3, -0.25) is 4.79 Å². The lowest BCUT2D eigenvalue weighted by Gasteiger charge is -2.03. The second-order valence-electron chi connectivity index (χ2n) is 4.30. The zero-order chi connectivity index (χ0) is 14.4. The summed E-state index contributed by atoms with van der Waals surface area (Å²) in [4.78, 5) is 12.9. The Bertz CT molecular complexity index is 647. The van der Waals surface area contributed by atoms with E-state index in [4.69, 9.17) is 5.11 Å². The number of hydrogen-bond donors (Lipinski definition) is 2. The number of benzene rings is 1. The minimum absolute atomic E-state index is 0.0547. The molecule has 0 radical (unpaired) electrons. The number of aliphatic hydroxyl groups is 1. The Kier molecular flexibility index (Phi) is 4.94. The predicted octanol–water partition coefficient (Wildman–Crippen LogP) is 3.04. The molecule has 102 valence electrons. The van der Waals surface area contributed by atoms with E-state index < -0.39 is 0 Å². The number of nitrogens with one attached hydrogen (secondary N) is 1. The summed E-state index contributed by atoms with van der Waals surface area (Å²) in [5.74, 6) is 5.62. The highest BCUT2D eigenvalue weighted by Crippen LogP contribution is 2.16. The molecule has 0 atom stereocenters. The summed E-state index contributed by atoms with van der Waals surface area (Å²) in [5, 5.41) is 13.3. The van der Waals surface area contributed by atoms with E-state index in [1.54, 1.807) is 11.4 Å². The van der Waals surface area contributed by atoms with E-state index in [-0.39, 0.29) is 12.5 Å². The SMILES string of the molecule is Cc1ccc(NC(=O)c2csc(C#CCCO)c2)cc1. The van der Waals surface area contributed by atoms with Crippen molar-refractivity contribution in [3.63, 3.8) is 0 Å². The van der Waals surface area contributed by atoms with Gasteiger partial charge in [0.2, 0.25) is 0 Å². The van der Waals surface area contributed by atoms with Gasteiger partial charge < -0.3 is 10.4 Å². The molecule has 1 aromatic heterocycles. The molecule has 2 rings (SSSR count). The number of rotatable bonds is 3. The van der Waals surface area contributed by atoms with Gasteiger partial charge >= 0.3 is 0 Å². The summed E-state index contributed by atoms with van der Waals surface area (Å²) in [7, 11) is 0. The molecule has 0 aliphatic carbocycles. The van der Waals surface area contributed by atoms with Crippen LogP contribution in [0, 0.1) is 18.8 Å². The lowest BCUT2D eigenvalue weighted by Crippen LogP contribution is -2.10. The van der Waals surface area contributed by atoms with Gasteiger partial charge in [-0.05, 0) is 25.1 Å². The molecule has 0 saturated carbocycles. The number of thiophene rings is 1. The van der Waals surface area contributed by atoms with Crippen molar-refractivity contribution in [2.75, 3.05) is 11.9 Å². The zero-order valence-corrected chi connectivity index (χ0v) is 12.0. The normalized spacial score (nSPS) is 9.70. The Labute approximate surface area is 122 Å². The Morgan fingerprint density at radius 3 is 2.80 bits per heavy atom. The van der Waals surface area contributed by atoms with Crippen molar-refractivity contribution < 1.29 is 9.90 Å².